The molecule has 2 unspecified atom stereocenters. The maximum absolute atomic E-state index is 16.6. The summed E-state index contributed by atoms with van der Waals surface area (Å²) in [5.41, 5.74) is 1.59. The predicted octanol–water partition coefficient (Wildman–Crippen LogP) is 4.96. The number of benzene rings is 1. The average molecular weight is 634 g/mol. The SMILES string of the molecule is C#Cc1cc(N)nc(-c2c(Cl)cc3c(N4CC5CCC(C4)N5)nc(OC[C@@]45CCCN4C[C@H](F)C5)nc3c2F)c1C(F)(F)F. The Balaban J connectivity index is 1.39. The van der Waals surface area contributed by atoms with Gasteiger partial charge in [-0.05, 0) is 44.4 Å². The van der Waals surface area contributed by atoms with Crippen molar-refractivity contribution in [1.29, 1.82) is 0 Å². The number of pyridine rings is 1. The van der Waals surface area contributed by atoms with Crippen LogP contribution in [-0.4, -0.2) is 76.4 Å². The number of aromatic nitrogens is 3. The lowest BCUT2D eigenvalue weighted by molar-refractivity contribution is -0.137. The molecule has 8 nitrogen and oxygen atoms in total. The number of hydrogen-bond donors (Lipinski definition) is 2. The highest BCUT2D eigenvalue weighted by atomic mass is 35.5. The van der Waals surface area contributed by atoms with Gasteiger partial charge in [0.2, 0.25) is 0 Å². The van der Waals surface area contributed by atoms with Crippen molar-refractivity contribution in [2.24, 2.45) is 0 Å². The smallest absolute Gasteiger partial charge is 0.419 e. The van der Waals surface area contributed by atoms with E-state index in [1.54, 1.807) is 0 Å². The van der Waals surface area contributed by atoms with Gasteiger partial charge < -0.3 is 20.7 Å². The maximum atomic E-state index is 16.6. The molecule has 7 rings (SSSR count). The standard InChI is InChI=1S/C30H29ClF5N7O/c1-2-15-8-21(37)39-26(23(15)30(34,35)36)22-20(31)9-19-25(24(22)33)40-28(41-27(19)42-12-17-4-5-18(13-42)38-17)44-14-29-6-3-7-43(29)11-16(32)10-29/h1,8-9,16-18,38H,3-7,10-14H2,(H2,37,39)/t16-,17?,18?,29+/m1/s1. The number of halogens is 6. The number of nitrogens with zero attached hydrogens (tertiary/aromatic N) is 5. The van der Waals surface area contributed by atoms with Crippen molar-refractivity contribution in [3.05, 3.63) is 34.1 Å². The molecule has 4 aliphatic rings. The van der Waals surface area contributed by atoms with Crippen LogP contribution < -0.4 is 20.7 Å². The van der Waals surface area contributed by atoms with Crippen LogP contribution in [0.2, 0.25) is 5.02 Å². The summed E-state index contributed by atoms with van der Waals surface area (Å²) in [4.78, 5) is 16.9. The molecule has 1 aromatic carbocycles. The molecule has 2 aromatic heterocycles. The number of anilines is 2. The highest BCUT2D eigenvalue weighted by Gasteiger charge is 2.49. The van der Waals surface area contributed by atoms with Gasteiger partial charge in [0.1, 0.15) is 29.9 Å². The summed E-state index contributed by atoms with van der Waals surface area (Å²) >= 11 is 6.56. The Morgan fingerprint density at radius 2 is 1.91 bits per heavy atom. The van der Waals surface area contributed by atoms with Gasteiger partial charge in [-0.15, -0.1) is 6.42 Å². The van der Waals surface area contributed by atoms with Gasteiger partial charge in [0.15, 0.2) is 5.82 Å². The Morgan fingerprint density at radius 1 is 1.16 bits per heavy atom. The fourth-order valence-electron chi connectivity index (χ4n) is 7.45. The fraction of sp³-hybridized carbons (Fsp3) is 0.500. The molecule has 2 bridgehead atoms. The van der Waals surface area contributed by atoms with E-state index in [9.17, 15) is 17.6 Å². The van der Waals surface area contributed by atoms with Crippen LogP contribution in [0.25, 0.3) is 22.2 Å². The molecule has 0 saturated carbocycles. The second-order valence-corrected chi connectivity index (χ2v) is 12.5. The molecule has 3 N–H and O–H groups in total. The van der Waals surface area contributed by atoms with Crippen molar-refractivity contribution in [2.75, 3.05) is 43.4 Å². The third-order valence-corrected chi connectivity index (χ3v) is 9.60. The van der Waals surface area contributed by atoms with Crippen LogP contribution in [0.1, 0.15) is 43.2 Å². The first-order valence-corrected chi connectivity index (χ1v) is 14.9. The number of nitrogens with one attached hydrogen (secondary N) is 1. The van der Waals surface area contributed by atoms with Crippen molar-refractivity contribution in [1.82, 2.24) is 25.2 Å². The van der Waals surface area contributed by atoms with Gasteiger partial charge in [-0.25, -0.2) is 13.8 Å². The number of nitrogen functional groups attached to an aromatic ring is 1. The topological polar surface area (TPSA) is 92.4 Å². The van der Waals surface area contributed by atoms with E-state index in [2.05, 4.69) is 25.2 Å². The molecule has 0 aliphatic carbocycles. The molecule has 4 atom stereocenters. The van der Waals surface area contributed by atoms with Crippen LogP contribution in [0.4, 0.5) is 33.6 Å². The van der Waals surface area contributed by atoms with Crippen molar-refractivity contribution in [3.63, 3.8) is 0 Å². The van der Waals surface area contributed by atoms with Crippen LogP contribution in [0.3, 0.4) is 0 Å². The molecule has 232 valence electrons. The Hall–Kier alpha value is -3.47. The molecule has 6 heterocycles. The summed E-state index contributed by atoms with van der Waals surface area (Å²) in [5, 5.41) is 3.41. The molecular formula is C30H29ClF5N7O. The molecule has 44 heavy (non-hydrogen) atoms. The molecule has 3 aromatic rings. The Labute approximate surface area is 255 Å². The lowest BCUT2D eigenvalue weighted by Gasteiger charge is -2.34. The van der Waals surface area contributed by atoms with Crippen molar-refractivity contribution in [2.45, 2.75) is 62.1 Å². The largest absolute Gasteiger partial charge is 0.461 e. The maximum Gasteiger partial charge on any atom is 0.419 e. The summed E-state index contributed by atoms with van der Waals surface area (Å²) in [5.74, 6) is 0.855. The highest BCUT2D eigenvalue weighted by molar-refractivity contribution is 6.34. The van der Waals surface area contributed by atoms with Crippen molar-refractivity contribution < 1.29 is 26.7 Å². The zero-order valence-electron chi connectivity index (χ0n) is 23.5. The number of hydrogen-bond acceptors (Lipinski definition) is 8. The molecule has 14 heteroatoms. The number of ether oxygens (including phenoxy) is 1. The van der Waals surface area contributed by atoms with E-state index >= 15 is 4.39 Å². The van der Waals surface area contributed by atoms with Gasteiger partial charge >= 0.3 is 12.2 Å². The van der Waals surface area contributed by atoms with Crippen molar-refractivity contribution in [3.8, 4) is 29.6 Å². The lowest BCUT2D eigenvalue weighted by Crippen LogP contribution is -2.51. The first-order valence-electron chi connectivity index (χ1n) is 14.5. The summed E-state index contributed by atoms with van der Waals surface area (Å²) in [6.45, 7) is 2.31. The minimum absolute atomic E-state index is 0.0910. The first-order chi connectivity index (χ1) is 21.0. The van der Waals surface area contributed by atoms with E-state index < -0.39 is 46.1 Å². The van der Waals surface area contributed by atoms with Gasteiger partial charge in [0.25, 0.3) is 0 Å². The van der Waals surface area contributed by atoms with E-state index in [-0.39, 0.29) is 46.4 Å². The van der Waals surface area contributed by atoms with E-state index in [0.29, 0.717) is 31.9 Å². The Morgan fingerprint density at radius 3 is 2.61 bits per heavy atom. The molecule has 0 radical (unpaired) electrons. The summed E-state index contributed by atoms with van der Waals surface area (Å²) in [6, 6.07) is 2.49. The normalized spacial score (nSPS) is 26.8. The summed E-state index contributed by atoms with van der Waals surface area (Å²) in [7, 11) is 0. The molecule has 4 fully saturated rings. The number of terminal acetylenes is 1. The number of piperazine rings is 1. The molecule has 0 spiro atoms. The van der Waals surface area contributed by atoms with E-state index in [0.717, 1.165) is 38.3 Å². The molecular weight excluding hydrogens is 605 g/mol. The quantitative estimate of drug-likeness (QED) is 0.301. The third-order valence-electron chi connectivity index (χ3n) is 9.30. The molecule has 0 amide bonds. The highest BCUT2D eigenvalue weighted by Crippen LogP contribution is 2.45. The van der Waals surface area contributed by atoms with Crippen LogP contribution in [0.5, 0.6) is 6.01 Å². The van der Waals surface area contributed by atoms with Crippen LogP contribution in [0, 0.1) is 18.2 Å². The van der Waals surface area contributed by atoms with E-state index in [1.165, 1.54) is 6.07 Å². The average Bonchev–Trinajstić information content (AvgIpc) is 3.61. The summed E-state index contributed by atoms with van der Waals surface area (Å²) in [6.07, 6.45) is 3.28. The fourth-order valence-corrected chi connectivity index (χ4v) is 7.73. The Bertz CT molecular complexity index is 1690. The third kappa shape index (κ3) is 4.87. The zero-order chi connectivity index (χ0) is 31.0. The van der Waals surface area contributed by atoms with E-state index in [4.69, 9.17) is 28.5 Å². The number of alkyl halides is 4. The number of rotatable bonds is 5. The van der Waals surface area contributed by atoms with Crippen molar-refractivity contribution >= 4 is 34.1 Å². The Kier molecular flexibility index (Phi) is 7.02. The van der Waals surface area contributed by atoms with Crippen LogP contribution in [-0.2, 0) is 6.18 Å². The second-order valence-electron chi connectivity index (χ2n) is 12.1. The van der Waals surface area contributed by atoms with Crippen LogP contribution in [0.15, 0.2) is 12.1 Å². The second kappa shape index (κ2) is 10.6. The van der Waals surface area contributed by atoms with Gasteiger partial charge in [0.05, 0.1) is 27.4 Å². The minimum Gasteiger partial charge on any atom is -0.461 e. The number of fused-ring (bicyclic) bond motifs is 4. The lowest BCUT2D eigenvalue weighted by atomic mass is 9.95. The van der Waals surface area contributed by atoms with Crippen LogP contribution >= 0.6 is 11.6 Å². The molecule has 4 saturated heterocycles. The van der Waals surface area contributed by atoms with Gasteiger partial charge in [-0.1, -0.05) is 17.5 Å². The van der Waals surface area contributed by atoms with Gasteiger partial charge in [-0.3, -0.25) is 4.90 Å². The predicted molar refractivity (Wildman–Crippen MR) is 156 cm³/mol. The monoisotopic (exact) mass is 633 g/mol. The van der Waals surface area contributed by atoms with Gasteiger partial charge in [-0.2, -0.15) is 23.1 Å². The minimum atomic E-state index is -4.99. The summed E-state index contributed by atoms with van der Waals surface area (Å²) < 4.78 is 80.0. The van der Waals surface area contributed by atoms with Gasteiger partial charge in [0, 0.05) is 49.1 Å². The first kappa shape index (κ1) is 29.3. The zero-order valence-corrected chi connectivity index (χ0v) is 24.3. The molecule has 4 aliphatic heterocycles. The number of nitrogens with two attached hydrogens (primary N) is 1. The van der Waals surface area contributed by atoms with E-state index in [1.807, 2.05) is 10.8 Å².